The van der Waals surface area contributed by atoms with Crippen LogP contribution in [-0.2, 0) is 10.0 Å². The predicted octanol–water partition coefficient (Wildman–Crippen LogP) is 1.26. The van der Waals surface area contributed by atoms with Crippen LogP contribution in [0.2, 0.25) is 0 Å². The molecule has 2 rings (SSSR count). The van der Waals surface area contributed by atoms with Crippen LogP contribution in [0.1, 0.15) is 20.3 Å². The van der Waals surface area contributed by atoms with Gasteiger partial charge in [-0.2, -0.15) is 4.31 Å². The highest BCUT2D eigenvalue weighted by Crippen LogP contribution is 2.27. The highest BCUT2D eigenvalue weighted by atomic mass is 32.2. The maximum absolute atomic E-state index is 12.4. The Balaban J connectivity index is 2.20. The number of rotatable bonds is 4. The van der Waals surface area contributed by atoms with E-state index in [1.165, 1.54) is 4.31 Å². The van der Waals surface area contributed by atoms with Crippen molar-refractivity contribution in [2.45, 2.75) is 30.8 Å². The number of β-amino-alcohol motifs (C(OH)–C–C–N with tert-alkyl or cyclic N) is 1. The maximum atomic E-state index is 12.4. The van der Waals surface area contributed by atoms with Gasteiger partial charge in [0.2, 0.25) is 10.0 Å². The van der Waals surface area contributed by atoms with E-state index < -0.39 is 15.6 Å². The summed E-state index contributed by atoms with van der Waals surface area (Å²) in [6.45, 7) is 4.96. The van der Waals surface area contributed by atoms with Gasteiger partial charge in [0.15, 0.2) is 0 Å². The Morgan fingerprint density at radius 1 is 1.37 bits per heavy atom. The third-order valence-electron chi connectivity index (χ3n) is 3.29. The molecule has 0 radical (unpaired) electrons. The second-order valence-electron chi connectivity index (χ2n) is 5.14. The topological polar surface area (TPSA) is 69.6 Å². The molecule has 5 nitrogen and oxygen atoms in total. The smallest absolute Gasteiger partial charge is 0.243 e. The van der Waals surface area contributed by atoms with Crippen molar-refractivity contribution >= 4 is 15.7 Å². The van der Waals surface area contributed by atoms with Crippen LogP contribution in [0.15, 0.2) is 29.2 Å². The molecule has 0 spiro atoms. The highest BCUT2D eigenvalue weighted by molar-refractivity contribution is 7.89. The summed E-state index contributed by atoms with van der Waals surface area (Å²) in [5, 5.41) is 13.0. The first-order valence-corrected chi connectivity index (χ1v) is 7.86. The molecule has 1 unspecified atom stereocenters. The number of sulfonamides is 1. The lowest BCUT2D eigenvalue weighted by molar-refractivity contribution is 0.0762. The minimum Gasteiger partial charge on any atom is -0.389 e. The molecule has 19 heavy (non-hydrogen) atoms. The number of anilines is 1. The summed E-state index contributed by atoms with van der Waals surface area (Å²) >= 11 is 0. The molecule has 6 heteroatoms. The van der Waals surface area contributed by atoms with Crippen LogP contribution in [0.3, 0.4) is 0 Å². The minimum absolute atomic E-state index is 0.157. The first kappa shape index (κ1) is 14.3. The molecular formula is C13H20N2O3S. The highest BCUT2D eigenvalue weighted by Gasteiger charge is 2.38. The normalized spacial score (nSPS) is 24.6. The largest absolute Gasteiger partial charge is 0.389 e. The summed E-state index contributed by atoms with van der Waals surface area (Å²) in [4.78, 5) is 0.270. The molecule has 1 saturated heterocycles. The standard InChI is InChI=1S/C13H20N2O3S/c1-3-14-11-4-6-12(7-5-11)19(17,18)15-9-8-13(2,16)10-15/h4-7,14,16H,3,8-10H2,1-2H3. The average molecular weight is 284 g/mol. The van der Waals surface area contributed by atoms with Crippen molar-refractivity contribution in [1.82, 2.24) is 4.31 Å². The Kier molecular flexibility index (Phi) is 3.85. The van der Waals surface area contributed by atoms with Crippen molar-refractivity contribution in [3.63, 3.8) is 0 Å². The molecule has 2 N–H and O–H groups in total. The average Bonchev–Trinajstić information content (AvgIpc) is 2.71. The van der Waals surface area contributed by atoms with Gasteiger partial charge in [0.05, 0.1) is 10.5 Å². The lowest BCUT2D eigenvalue weighted by atomic mass is 10.1. The Hall–Kier alpha value is -1.11. The van der Waals surface area contributed by atoms with Crippen LogP contribution in [0.25, 0.3) is 0 Å². The van der Waals surface area contributed by atoms with Crippen molar-refractivity contribution in [1.29, 1.82) is 0 Å². The van der Waals surface area contributed by atoms with Crippen LogP contribution >= 0.6 is 0 Å². The molecule has 1 aliphatic rings. The predicted molar refractivity (Wildman–Crippen MR) is 74.6 cm³/mol. The molecule has 0 bridgehead atoms. The summed E-state index contributed by atoms with van der Waals surface area (Å²) in [5.74, 6) is 0. The Morgan fingerprint density at radius 2 is 2.00 bits per heavy atom. The molecule has 1 heterocycles. The fourth-order valence-corrected chi connectivity index (χ4v) is 3.76. The van der Waals surface area contributed by atoms with Gasteiger partial charge in [-0.15, -0.1) is 0 Å². The number of nitrogens with zero attached hydrogens (tertiary/aromatic N) is 1. The molecule has 1 fully saturated rings. The van der Waals surface area contributed by atoms with Gasteiger partial charge in [-0.05, 0) is 44.5 Å². The fourth-order valence-electron chi connectivity index (χ4n) is 2.21. The second kappa shape index (κ2) is 5.11. The van der Waals surface area contributed by atoms with Gasteiger partial charge in [-0.1, -0.05) is 0 Å². The SMILES string of the molecule is CCNc1ccc(S(=O)(=O)N2CCC(C)(O)C2)cc1. The quantitative estimate of drug-likeness (QED) is 0.873. The molecule has 1 aromatic carbocycles. The van der Waals surface area contributed by atoms with Gasteiger partial charge in [0, 0.05) is 25.3 Å². The van der Waals surface area contributed by atoms with E-state index in [4.69, 9.17) is 0 Å². The molecule has 1 aliphatic heterocycles. The van der Waals surface area contributed by atoms with Crippen molar-refractivity contribution in [2.75, 3.05) is 25.0 Å². The van der Waals surface area contributed by atoms with Crippen molar-refractivity contribution < 1.29 is 13.5 Å². The minimum atomic E-state index is -3.50. The second-order valence-corrected chi connectivity index (χ2v) is 7.08. The molecule has 0 saturated carbocycles. The number of nitrogens with one attached hydrogen (secondary N) is 1. The summed E-state index contributed by atoms with van der Waals surface area (Å²) in [7, 11) is -3.50. The Labute approximate surface area is 114 Å². The third-order valence-corrected chi connectivity index (χ3v) is 5.15. The van der Waals surface area contributed by atoms with Gasteiger partial charge in [0.25, 0.3) is 0 Å². The number of benzene rings is 1. The van der Waals surface area contributed by atoms with E-state index in [1.807, 2.05) is 6.92 Å². The molecule has 0 aliphatic carbocycles. The molecule has 1 aromatic rings. The van der Waals surface area contributed by atoms with Crippen LogP contribution in [0.4, 0.5) is 5.69 Å². The van der Waals surface area contributed by atoms with Crippen molar-refractivity contribution in [2.24, 2.45) is 0 Å². The zero-order valence-corrected chi connectivity index (χ0v) is 12.1. The number of hydrogen-bond acceptors (Lipinski definition) is 4. The van der Waals surface area contributed by atoms with E-state index in [2.05, 4.69) is 5.32 Å². The third kappa shape index (κ3) is 3.08. The first-order chi connectivity index (χ1) is 8.85. The summed E-state index contributed by atoms with van der Waals surface area (Å²) in [6.07, 6.45) is 0.474. The van der Waals surface area contributed by atoms with Gasteiger partial charge in [-0.3, -0.25) is 0 Å². The van der Waals surface area contributed by atoms with E-state index in [0.29, 0.717) is 13.0 Å². The van der Waals surface area contributed by atoms with Crippen LogP contribution < -0.4 is 5.32 Å². The summed E-state index contributed by atoms with van der Waals surface area (Å²) in [6, 6.07) is 6.70. The van der Waals surface area contributed by atoms with Crippen LogP contribution in [0.5, 0.6) is 0 Å². The first-order valence-electron chi connectivity index (χ1n) is 6.42. The lowest BCUT2D eigenvalue weighted by Gasteiger charge is -2.19. The zero-order chi connectivity index (χ0) is 14.1. The monoisotopic (exact) mass is 284 g/mol. The Morgan fingerprint density at radius 3 is 2.47 bits per heavy atom. The van der Waals surface area contributed by atoms with E-state index in [-0.39, 0.29) is 11.4 Å². The molecule has 0 aromatic heterocycles. The van der Waals surface area contributed by atoms with Gasteiger partial charge >= 0.3 is 0 Å². The molecule has 1 atom stereocenters. The summed E-state index contributed by atoms with van der Waals surface area (Å²) < 4.78 is 26.1. The molecule has 0 amide bonds. The fraction of sp³-hybridized carbons (Fsp3) is 0.538. The number of hydrogen-bond donors (Lipinski definition) is 2. The zero-order valence-electron chi connectivity index (χ0n) is 11.3. The van der Waals surface area contributed by atoms with E-state index in [9.17, 15) is 13.5 Å². The molecule has 106 valence electrons. The molecular weight excluding hydrogens is 264 g/mol. The van der Waals surface area contributed by atoms with Crippen molar-refractivity contribution in [3.05, 3.63) is 24.3 Å². The van der Waals surface area contributed by atoms with Gasteiger partial charge in [-0.25, -0.2) is 8.42 Å². The van der Waals surface area contributed by atoms with Gasteiger partial charge in [0.1, 0.15) is 0 Å². The van der Waals surface area contributed by atoms with Gasteiger partial charge < -0.3 is 10.4 Å². The lowest BCUT2D eigenvalue weighted by Crippen LogP contribution is -2.33. The Bertz CT molecular complexity index is 538. The van der Waals surface area contributed by atoms with Crippen molar-refractivity contribution in [3.8, 4) is 0 Å². The summed E-state index contributed by atoms with van der Waals surface area (Å²) in [5.41, 5.74) is -0.0218. The maximum Gasteiger partial charge on any atom is 0.243 e. The van der Waals surface area contributed by atoms with E-state index in [0.717, 1.165) is 12.2 Å². The number of aliphatic hydroxyl groups is 1. The van der Waals surface area contributed by atoms with E-state index in [1.54, 1.807) is 31.2 Å². The van der Waals surface area contributed by atoms with Crippen LogP contribution in [-0.4, -0.2) is 43.1 Å². The van der Waals surface area contributed by atoms with Crippen LogP contribution in [0, 0.1) is 0 Å². The van der Waals surface area contributed by atoms with E-state index >= 15 is 0 Å².